The molecule has 1 unspecified atom stereocenters. The number of aryl methyl sites for hydroxylation is 1. The van der Waals surface area contributed by atoms with E-state index in [0.29, 0.717) is 18.1 Å². The lowest BCUT2D eigenvalue weighted by Gasteiger charge is -2.18. The van der Waals surface area contributed by atoms with E-state index in [9.17, 15) is 9.59 Å². The van der Waals surface area contributed by atoms with Crippen molar-refractivity contribution < 1.29 is 9.59 Å². The van der Waals surface area contributed by atoms with Crippen LogP contribution < -0.4 is 10.2 Å². The van der Waals surface area contributed by atoms with E-state index in [2.05, 4.69) is 15.5 Å². The Kier molecular flexibility index (Phi) is 4.60. The van der Waals surface area contributed by atoms with E-state index in [4.69, 9.17) is 0 Å². The molecule has 1 fully saturated rings. The van der Waals surface area contributed by atoms with E-state index in [1.165, 1.54) is 11.3 Å². The summed E-state index contributed by atoms with van der Waals surface area (Å²) >= 11 is 1.34. The van der Waals surface area contributed by atoms with Gasteiger partial charge < -0.3 is 10.2 Å². The number of para-hydroxylation sites is 1. The molecular formula is C18H22N4O2S. The second kappa shape index (κ2) is 6.55. The first kappa shape index (κ1) is 17.5. The topological polar surface area (TPSA) is 75.2 Å². The largest absolute Gasteiger partial charge is 0.311 e. The van der Waals surface area contributed by atoms with Gasteiger partial charge in [-0.15, -0.1) is 10.2 Å². The van der Waals surface area contributed by atoms with Crippen LogP contribution in [0.5, 0.6) is 0 Å². The Morgan fingerprint density at radius 3 is 2.68 bits per heavy atom. The lowest BCUT2D eigenvalue weighted by molar-refractivity contribution is -0.123. The molecule has 7 heteroatoms. The number of nitrogens with one attached hydrogen (secondary N) is 1. The smallest absolute Gasteiger partial charge is 0.231 e. The first-order valence-corrected chi connectivity index (χ1v) is 9.08. The molecule has 2 heterocycles. The van der Waals surface area contributed by atoms with Crippen molar-refractivity contribution in [2.45, 2.75) is 40.0 Å². The Morgan fingerprint density at radius 1 is 1.28 bits per heavy atom. The number of aromatic nitrogens is 2. The number of rotatable bonds is 3. The second-order valence-electron chi connectivity index (χ2n) is 7.34. The molecule has 25 heavy (non-hydrogen) atoms. The fourth-order valence-electron chi connectivity index (χ4n) is 2.71. The minimum atomic E-state index is -0.489. The van der Waals surface area contributed by atoms with Gasteiger partial charge >= 0.3 is 0 Å². The average Bonchev–Trinajstić information content (AvgIpc) is 3.14. The molecule has 6 nitrogen and oxygen atoms in total. The fraction of sp³-hybridized carbons (Fsp3) is 0.444. The standard InChI is InChI=1S/C18H22N4O2S/c1-11-7-5-6-8-13(11)22-10-12(9-14(22)23)15-20-21-17(25-15)19-16(24)18(2,3)4/h5-8,12H,9-10H2,1-4H3,(H,19,21,24). The van der Waals surface area contributed by atoms with Gasteiger partial charge in [-0.3, -0.25) is 9.59 Å². The van der Waals surface area contributed by atoms with Gasteiger partial charge in [0.1, 0.15) is 5.01 Å². The number of nitrogens with zero attached hydrogens (tertiary/aromatic N) is 3. The lowest BCUT2D eigenvalue weighted by Crippen LogP contribution is -2.27. The number of amides is 2. The molecule has 1 saturated heterocycles. The molecule has 2 aromatic rings. The van der Waals surface area contributed by atoms with Gasteiger partial charge in [-0.05, 0) is 18.6 Å². The maximum Gasteiger partial charge on any atom is 0.231 e. The highest BCUT2D eigenvalue weighted by Gasteiger charge is 2.34. The van der Waals surface area contributed by atoms with Crippen LogP contribution >= 0.6 is 11.3 Å². The minimum Gasteiger partial charge on any atom is -0.311 e. The fourth-order valence-corrected chi connectivity index (χ4v) is 3.54. The van der Waals surface area contributed by atoms with Crippen LogP contribution in [0.1, 0.15) is 43.7 Å². The third-order valence-electron chi connectivity index (χ3n) is 4.22. The SMILES string of the molecule is Cc1ccccc1N1CC(c2nnc(NC(=O)C(C)(C)C)s2)CC1=O. The van der Waals surface area contributed by atoms with Crippen LogP contribution in [-0.2, 0) is 9.59 Å². The summed E-state index contributed by atoms with van der Waals surface area (Å²) in [7, 11) is 0. The first-order chi connectivity index (χ1) is 11.8. The zero-order valence-electron chi connectivity index (χ0n) is 14.9. The van der Waals surface area contributed by atoms with E-state index in [1.807, 2.05) is 56.9 Å². The monoisotopic (exact) mass is 358 g/mol. The molecule has 1 aliphatic heterocycles. The molecule has 0 aliphatic carbocycles. The van der Waals surface area contributed by atoms with Crippen molar-refractivity contribution in [3.8, 4) is 0 Å². The number of carbonyl (C=O) groups excluding carboxylic acids is 2. The highest BCUT2D eigenvalue weighted by Crippen LogP contribution is 2.35. The van der Waals surface area contributed by atoms with Gasteiger partial charge in [0.15, 0.2) is 0 Å². The van der Waals surface area contributed by atoms with Gasteiger partial charge in [0, 0.05) is 30.0 Å². The molecule has 0 saturated carbocycles. The van der Waals surface area contributed by atoms with Crippen LogP contribution in [0.3, 0.4) is 0 Å². The summed E-state index contributed by atoms with van der Waals surface area (Å²) in [5.74, 6) is -0.00101. The molecule has 0 radical (unpaired) electrons. The molecule has 1 N–H and O–H groups in total. The maximum atomic E-state index is 12.4. The van der Waals surface area contributed by atoms with Crippen molar-refractivity contribution >= 4 is 34.0 Å². The van der Waals surface area contributed by atoms with Gasteiger partial charge in [0.05, 0.1) is 0 Å². The molecule has 1 aromatic heterocycles. The molecule has 1 atom stereocenters. The second-order valence-corrected chi connectivity index (χ2v) is 8.35. The van der Waals surface area contributed by atoms with Crippen molar-refractivity contribution in [2.75, 3.05) is 16.8 Å². The molecular weight excluding hydrogens is 336 g/mol. The quantitative estimate of drug-likeness (QED) is 0.913. The molecule has 1 aliphatic rings. The van der Waals surface area contributed by atoms with Crippen LogP contribution in [0.2, 0.25) is 0 Å². The average molecular weight is 358 g/mol. The summed E-state index contributed by atoms with van der Waals surface area (Å²) in [5, 5.41) is 12.3. The van der Waals surface area contributed by atoms with Gasteiger partial charge in [-0.25, -0.2) is 0 Å². The van der Waals surface area contributed by atoms with E-state index in [-0.39, 0.29) is 17.7 Å². The van der Waals surface area contributed by atoms with Crippen LogP contribution in [-0.4, -0.2) is 28.6 Å². The Labute approximate surface area is 151 Å². The van der Waals surface area contributed by atoms with Gasteiger partial charge in [-0.1, -0.05) is 50.3 Å². The summed E-state index contributed by atoms with van der Waals surface area (Å²) < 4.78 is 0. The number of hydrogen-bond acceptors (Lipinski definition) is 5. The summed E-state index contributed by atoms with van der Waals surface area (Å²) in [6.45, 7) is 8.13. The molecule has 3 rings (SSSR count). The van der Waals surface area contributed by atoms with Crippen molar-refractivity contribution in [2.24, 2.45) is 5.41 Å². The van der Waals surface area contributed by atoms with Crippen molar-refractivity contribution in [1.29, 1.82) is 0 Å². The highest BCUT2D eigenvalue weighted by atomic mass is 32.1. The number of benzene rings is 1. The van der Waals surface area contributed by atoms with Crippen LogP contribution in [0, 0.1) is 12.3 Å². The van der Waals surface area contributed by atoms with E-state index >= 15 is 0 Å². The lowest BCUT2D eigenvalue weighted by atomic mass is 9.96. The van der Waals surface area contributed by atoms with Crippen molar-refractivity contribution in [1.82, 2.24) is 10.2 Å². The summed E-state index contributed by atoms with van der Waals surface area (Å²) in [6, 6.07) is 7.87. The normalized spacial score (nSPS) is 17.8. The number of hydrogen-bond donors (Lipinski definition) is 1. The molecule has 132 valence electrons. The van der Waals surface area contributed by atoms with Crippen LogP contribution in [0.15, 0.2) is 24.3 Å². The predicted molar refractivity (Wildman–Crippen MR) is 98.9 cm³/mol. The van der Waals surface area contributed by atoms with Gasteiger partial charge in [0.2, 0.25) is 16.9 Å². The Hall–Kier alpha value is -2.28. The molecule has 1 aromatic carbocycles. The third kappa shape index (κ3) is 3.71. The Morgan fingerprint density at radius 2 is 2.00 bits per heavy atom. The van der Waals surface area contributed by atoms with Crippen LogP contribution in [0.25, 0.3) is 0 Å². The number of anilines is 2. The Balaban J connectivity index is 1.73. The van der Waals surface area contributed by atoms with Crippen molar-refractivity contribution in [3.63, 3.8) is 0 Å². The Bertz CT molecular complexity index is 809. The van der Waals surface area contributed by atoms with Gasteiger partial charge in [-0.2, -0.15) is 0 Å². The van der Waals surface area contributed by atoms with Gasteiger partial charge in [0.25, 0.3) is 0 Å². The zero-order valence-corrected chi connectivity index (χ0v) is 15.7. The number of carbonyl (C=O) groups is 2. The van der Waals surface area contributed by atoms with Crippen molar-refractivity contribution in [3.05, 3.63) is 34.8 Å². The van der Waals surface area contributed by atoms with Crippen LogP contribution in [0.4, 0.5) is 10.8 Å². The van der Waals surface area contributed by atoms with E-state index in [0.717, 1.165) is 16.3 Å². The van der Waals surface area contributed by atoms with E-state index in [1.54, 1.807) is 0 Å². The molecule has 0 spiro atoms. The third-order valence-corrected chi connectivity index (χ3v) is 5.22. The first-order valence-electron chi connectivity index (χ1n) is 8.26. The maximum absolute atomic E-state index is 12.4. The molecule has 2 amide bonds. The zero-order chi connectivity index (χ0) is 18.2. The highest BCUT2D eigenvalue weighted by molar-refractivity contribution is 7.15. The molecule has 0 bridgehead atoms. The summed E-state index contributed by atoms with van der Waals surface area (Å²) in [6.07, 6.45) is 0.413. The predicted octanol–water partition coefficient (Wildman–Crippen LogP) is 3.35. The summed E-state index contributed by atoms with van der Waals surface area (Å²) in [4.78, 5) is 26.3. The van der Waals surface area contributed by atoms with E-state index < -0.39 is 5.41 Å². The minimum absolute atomic E-state index is 0.00453. The summed E-state index contributed by atoms with van der Waals surface area (Å²) in [5.41, 5.74) is 1.53.